The molecule has 20 nitrogen and oxygen atoms in total. The molecule has 4 aromatic rings. The Morgan fingerprint density at radius 3 is 1.43 bits per heavy atom. The van der Waals surface area contributed by atoms with Crippen molar-refractivity contribution in [2.45, 2.75) is 92.0 Å². The lowest BCUT2D eigenvalue weighted by atomic mass is 10.1. The molecule has 0 aliphatic heterocycles. The van der Waals surface area contributed by atoms with E-state index in [1.54, 1.807) is 0 Å². The number of nitrogens with zero attached hydrogens (tertiary/aromatic N) is 6. The highest BCUT2D eigenvalue weighted by Crippen LogP contribution is 2.12. The number of nitrogens with one attached hydrogen (secondary N) is 10. The number of hydrogen-bond acceptors (Lipinski definition) is 6. The molecule has 0 aliphatic rings. The number of rotatable bonds is 23. The van der Waals surface area contributed by atoms with Crippen LogP contribution in [-0.4, -0.2) is 129 Å². The van der Waals surface area contributed by atoms with Gasteiger partial charge in [0.2, 0.25) is 24.6 Å². The Labute approximate surface area is 409 Å². The molecule has 10 N–H and O–H groups in total. The minimum Gasteiger partial charge on any atom is -0.338 e. The van der Waals surface area contributed by atoms with Gasteiger partial charge in [-0.05, 0) is 36.5 Å². The van der Waals surface area contributed by atoms with Crippen LogP contribution in [0.2, 0.25) is 0 Å². The first-order chi connectivity index (χ1) is 32.8. The lowest BCUT2D eigenvalue weighted by Gasteiger charge is -2.30. The maximum absolute atomic E-state index is 12.0. The Balaban J connectivity index is 0.000000370. The zero-order valence-corrected chi connectivity index (χ0v) is 42.4. The molecule has 20 heteroatoms. The predicted molar refractivity (Wildman–Crippen MR) is 269 cm³/mol. The van der Waals surface area contributed by atoms with Gasteiger partial charge in [0.05, 0.1) is 68.0 Å². The third-order valence-electron chi connectivity index (χ3n) is 10.9. The molecule has 0 spiro atoms. The second-order valence-electron chi connectivity index (χ2n) is 18.7. The molecule has 2 aromatic carbocycles. The summed E-state index contributed by atoms with van der Waals surface area (Å²) in [6.07, 6.45) is 17.3. The van der Waals surface area contributed by atoms with Crippen LogP contribution in [0.5, 0.6) is 0 Å². The number of hydrogen-bond donors (Lipinski definition) is 10. The van der Waals surface area contributed by atoms with Crippen LogP contribution in [0.25, 0.3) is 0 Å². The molecule has 2 heterocycles. The summed E-state index contributed by atoms with van der Waals surface area (Å²) >= 11 is 0. The molecule has 2 aromatic heterocycles. The van der Waals surface area contributed by atoms with Crippen LogP contribution >= 0.6 is 0 Å². The standard InChI is InChI=1S/C26H37N9O2.C23H41N7O2/c1-3-22-7-9-23(10-8-22)19-35-18-17-34(21-35)14-6-12-29-26(37)31-24(27)30-25(36)28-11-5-13-33-16-15-32(4-2)20-33;1-7-19-10-12-20(13-11-19)18-30(5,6)17-9-15-26-23(32)28-21(24)27-22(31)25-14-8-16-29(2,3)4/h7-10,15-18,20-21H,3-6,11-14,19H2,1-2H3,(H3-2,27,28,29,30,31,36,37);10-13H,7-9,14-18H2,1-6H3,(H3-2,24,25,26,27,28,31,32)/p+4. The van der Waals surface area contributed by atoms with E-state index in [1.165, 1.54) is 22.3 Å². The van der Waals surface area contributed by atoms with Gasteiger partial charge in [-0.3, -0.25) is 32.1 Å². The number of aryl methyl sites for hydroxylation is 5. The van der Waals surface area contributed by atoms with Crippen molar-refractivity contribution in [1.29, 1.82) is 10.8 Å². The average molecular weight is 959 g/mol. The third kappa shape index (κ3) is 25.2. The number of imidazole rings is 2. The van der Waals surface area contributed by atoms with Gasteiger partial charge >= 0.3 is 24.1 Å². The van der Waals surface area contributed by atoms with Crippen LogP contribution < -0.4 is 51.7 Å². The quantitative estimate of drug-likeness (QED) is 0.0177. The SMILES string of the molecule is CCc1ccc(C[N+](C)(C)CCCNC(=O)NC(=N)NC(=O)NCCC[N+](C)(C)C)cc1.CCc1ccc(C[n+]2ccn(CCCNC(=O)NC(=N)NC(=O)NCCC[n+]3ccn(CC)c3)c2)cc1. The Morgan fingerprint density at radius 2 is 0.957 bits per heavy atom. The molecular weight excluding hydrogens is 877 g/mol. The molecule has 0 unspecified atom stereocenters. The first-order valence-corrected chi connectivity index (χ1v) is 24.1. The zero-order valence-electron chi connectivity index (χ0n) is 42.4. The summed E-state index contributed by atoms with van der Waals surface area (Å²) in [5, 5.41) is 35.5. The second kappa shape index (κ2) is 29.8. The number of guanidine groups is 2. The first-order valence-electron chi connectivity index (χ1n) is 24.1. The average Bonchev–Trinajstić information content (AvgIpc) is 3.96. The van der Waals surface area contributed by atoms with Crippen molar-refractivity contribution < 1.29 is 37.3 Å². The highest BCUT2D eigenvalue weighted by atomic mass is 16.2. The Hall–Kier alpha value is -6.80. The number of quaternary nitrogens is 2. The van der Waals surface area contributed by atoms with E-state index in [2.05, 4.69) is 165 Å². The van der Waals surface area contributed by atoms with E-state index in [0.29, 0.717) is 26.2 Å². The van der Waals surface area contributed by atoms with Crippen molar-refractivity contribution in [2.75, 3.05) is 74.5 Å². The summed E-state index contributed by atoms with van der Waals surface area (Å²) in [5.74, 6) is -0.721. The van der Waals surface area contributed by atoms with E-state index in [-0.39, 0.29) is 11.9 Å². The van der Waals surface area contributed by atoms with Crippen molar-refractivity contribution in [3.05, 3.63) is 108 Å². The maximum Gasteiger partial charge on any atom is 0.321 e. The van der Waals surface area contributed by atoms with Gasteiger partial charge in [-0.2, -0.15) is 0 Å². The molecule has 0 radical (unpaired) electrons. The summed E-state index contributed by atoms with van der Waals surface area (Å²) < 4.78 is 9.97. The summed E-state index contributed by atoms with van der Waals surface area (Å²) in [6.45, 7) is 14.3. The zero-order chi connectivity index (χ0) is 50.7. The van der Waals surface area contributed by atoms with Gasteiger partial charge in [-0.15, -0.1) is 0 Å². The van der Waals surface area contributed by atoms with E-state index < -0.39 is 24.1 Å². The molecule has 8 amide bonds. The maximum atomic E-state index is 12.0. The number of urea groups is 4. The molecule has 0 saturated heterocycles. The lowest BCUT2D eigenvalue weighted by Crippen LogP contribution is -2.50. The topological polar surface area (TPSA) is 230 Å². The van der Waals surface area contributed by atoms with Gasteiger partial charge in [0, 0.05) is 57.4 Å². The van der Waals surface area contributed by atoms with E-state index >= 15 is 0 Å². The van der Waals surface area contributed by atoms with Gasteiger partial charge in [0.25, 0.3) is 0 Å². The van der Waals surface area contributed by atoms with Gasteiger partial charge in [-0.25, -0.2) is 37.4 Å². The fourth-order valence-corrected chi connectivity index (χ4v) is 7.05. The van der Waals surface area contributed by atoms with Crippen LogP contribution in [0.3, 0.4) is 0 Å². The molecule has 4 rings (SSSR count). The molecule has 378 valence electrons. The fourth-order valence-electron chi connectivity index (χ4n) is 7.05. The highest BCUT2D eigenvalue weighted by Gasteiger charge is 2.17. The molecule has 0 fully saturated rings. The normalized spacial score (nSPS) is 11.1. The fraction of sp³-hybridized carbons (Fsp3) is 0.510. The predicted octanol–water partition coefficient (Wildman–Crippen LogP) is 3.35. The Morgan fingerprint density at radius 1 is 0.536 bits per heavy atom. The summed E-state index contributed by atoms with van der Waals surface area (Å²) in [6, 6.07) is 15.3. The van der Waals surface area contributed by atoms with Crippen LogP contribution in [0.4, 0.5) is 19.2 Å². The molecule has 0 atom stereocenters. The van der Waals surface area contributed by atoms with Crippen LogP contribution in [0, 0.1) is 10.8 Å². The Bertz CT molecular complexity index is 2190. The summed E-state index contributed by atoms with van der Waals surface area (Å²) in [4.78, 5) is 47.6. The Kier molecular flexibility index (Phi) is 24.5. The number of benzene rings is 2. The minimum absolute atomic E-state index is 0.349. The minimum atomic E-state index is -0.528. The van der Waals surface area contributed by atoms with Gasteiger partial charge in [-0.1, -0.05) is 62.4 Å². The van der Waals surface area contributed by atoms with E-state index in [4.69, 9.17) is 10.8 Å². The smallest absolute Gasteiger partial charge is 0.321 e. The van der Waals surface area contributed by atoms with Crippen molar-refractivity contribution in [3.8, 4) is 0 Å². The van der Waals surface area contributed by atoms with Crippen LogP contribution in [0.15, 0.2) is 86.0 Å². The highest BCUT2D eigenvalue weighted by molar-refractivity contribution is 6.02. The van der Waals surface area contributed by atoms with Gasteiger partial charge in [0.1, 0.15) is 37.9 Å². The first kappa shape index (κ1) is 56.5. The number of carbonyl (C=O) groups excluding carboxylic acids is 4. The van der Waals surface area contributed by atoms with Gasteiger partial charge in [0.15, 0.2) is 0 Å². The van der Waals surface area contributed by atoms with Crippen molar-refractivity contribution in [1.82, 2.24) is 51.7 Å². The van der Waals surface area contributed by atoms with Crippen molar-refractivity contribution in [3.63, 3.8) is 0 Å². The second-order valence-corrected chi connectivity index (χ2v) is 18.7. The number of aromatic nitrogens is 4. The van der Waals surface area contributed by atoms with Crippen molar-refractivity contribution in [2.24, 2.45) is 0 Å². The largest absolute Gasteiger partial charge is 0.338 e. The van der Waals surface area contributed by atoms with E-state index in [0.717, 1.165) is 93.3 Å². The number of carbonyl (C=O) groups is 4. The monoisotopic (exact) mass is 959 g/mol. The van der Waals surface area contributed by atoms with E-state index in [1.807, 2.05) is 37.4 Å². The molecule has 69 heavy (non-hydrogen) atoms. The van der Waals surface area contributed by atoms with Gasteiger partial charge < -0.3 is 30.2 Å². The molecule has 0 aliphatic carbocycles. The molecular formula is C49H82N16O4+4. The summed E-state index contributed by atoms with van der Waals surface area (Å²) in [5.41, 5.74) is 5.23. The molecule has 0 bridgehead atoms. The van der Waals surface area contributed by atoms with E-state index in [9.17, 15) is 19.2 Å². The molecule has 0 saturated carbocycles. The van der Waals surface area contributed by atoms with Crippen LogP contribution in [0.1, 0.15) is 68.7 Å². The van der Waals surface area contributed by atoms with Crippen molar-refractivity contribution >= 4 is 36.0 Å². The summed E-state index contributed by atoms with van der Waals surface area (Å²) in [7, 11) is 10.6. The van der Waals surface area contributed by atoms with Crippen LogP contribution in [-0.2, 0) is 45.6 Å². The number of amides is 8. The lowest BCUT2D eigenvalue weighted by molar-refractivity contribution is -0.903. The third-order valence-corrected chi connectivity index (χ3v) is 10.9.